The molecule has 0 saturated heterocycles. The van der Waals surface area contributed by atoms with Crippen LogP contribution in [-0.4, -0.2) is 67.0 Å². The van der Waals surface area contributed by atoms with Gasteiger partial charge in [0.05, 0.1) is 9.75 Å². The summed E-state index contributed by atoms with van der Waals surface area (Å²) in [6.45, 7) is 19.9. The van der Waals surface area contributed by atoms with Crippen molar-refractivity contribution in [2.24, 2.45) is 0 Å². The first-order valence-corrected chi connectivity index (χ1v) is 15.6. The lowest BCUT2D eigenvalue weighted by atomic mass is 10.5. The van der Waals surface area contributed by atoms with Crippen LogP contribution in [0.2, 0.25) is 0 Å². The SMILES string of the molecule is CCCO[Si](OCCC)(OCCC)C(C)S.CCO[Si](OCC)(OCC)C(C)S. The summed E-state index contributed by atoms with van der Waals surface area (Å²) in [6, 6.07) is 0. The highest BCUT2D eigenvalue weighted by Crippen LogP contribution is 2.20. The van der Waals surface area contributed by atoms with E-state index in [1.54, 1.807) is 0 Å². The minimum atomic E-state index is -2.57. The molecule has 2 unspecified atom stereocenters. The Morgan fingerprint density at radius 1 is 0.517 bits per heavy atom. The molecule has 0 spiro atoms. The fourth-order valence-corrected chi connectivity index (χ4v) is 8.27. The van der Waals surface area contributed by atoms with E-state index in [1.165, 1.54) is 0 Å². The van der Waals surface area contributed by atoms with E-state index in [9.17, 15) is 0 Å². The first kappa shape index (κ1) is 32.1. The minimum Gasteiger partial charge on any atom is -0.373 e. The molecule has 0 aromatic carbocycles. The zero-order valence-corrected chi connectivity index (χ0v) is 23.7. The van der Waals surface area contributed by atoms with Crippen molar-refractivity contribution in [3.63, 3.8) is 0 Å². The zero-order valence-electron chi connectivity index (χ0n) is 19.9. The molecule has 0 aliphatic carbocycles. The number of hydrogen-bond acceptors (Lipinski definition) is 8. The maximum atomic E-state index is 5.86. The quantitative estimate of drug-likeness (QED) is 0.222. The maximum absolute atomic E-state index is 5.86. The molecule has 0 amide bonds. The number of rotatable bonds is 17. The van der Waals surface area contributed by atoms with E-state index in [-0.39, 0.29) is 9.75 Å². The molecule has 2 atom stereocenters. The second-order valence-electron chi connectivity index (χ2n) is 6.40. The molecule has 0 heterocycles. The first-order valence-electron chi connectivity index (χ1n) is 10.9. The summed E-state index contributed by atoms with van der Waals surface area (Å²) >= 11 is 8.85. The molecule has 0 rings (SSSR count). The van der Waals surface area contributed by atoms with Crippen LogP contribution < -0.4 is 0 Å². The van der Waals surface area contributed by atoms with Crippen molar-refractivity contribution in [1.82, 2.24) is 0 Å². The van der Waals surface area contributed by atoms with Crippen molar-refractivity contribution in [3.8, 4) is 0 Å². The molecular formula is C19H46O6S2Si2. The third-order valence-electron chi connectivity index (χ3n) is 3.58. The highest BCUT2D eigenvalue weighted by Gasteiger charge is 2.46. The molecule has 0 aromatic rings. The topological polar surface area (TPSA) is 55.4 Å². The van der Waals surface area contributed by atoms with Gasteiger partial charge in [0.15, 0.2) is 0 Å². The van der Waals surface area contributed by atoms with Crippen LogP contribution in [-0.2, 0) is 26.6 Å². The van der Waals surface area contributed by atoms with Gasteiger partial charge in [0, 0.05) is 39.6 Å². The lowest BCUT2D eigenvalue weighted by Crippen LogP contribution is -2.53. The second kappa shape index (κ2) is 19.6. The third kappa shape index (κ3) is 13.1. The van der Waals surface area contributed by atoms with Gasteiger partial charge < -0.3 is 26.6 Å². The van der Waals surface area contributed by atoms with Gasteiger partial charge >= 0.3 is 17.6 Å². The molecule has 0 N–H and O–H groups in total. The van der Waals surface area contributed by atoms with Crippen LogP contribution in [0.25, 0.3) is 0 Å². The van der Waals surface area contributed by atoms with Gasteiger partial charge in [-0.15, -0.1) is 0 Å². The van der Waals surface area contributed by atoms with E-state index in [2.05, 4.69) is 46.0 Å². The summed E-state index contributed by atoms with van der Waals surface area (Å²) in [5.74, 6) is 0. The van der Waals surface area contributed by atoms with Gasteiger partial charge in [0.1, 0.15) is 0 Å². The molecule has 0 radical (unpaired) electrons. The Hall–Kier alpha value is 0.894. The largest absolute Gasteiger partial charge is 0.514 e. The zero-order chi connectivity index (χ0) is 22.8. The van der Waals surface area contributed by atoms with Gasteiger partial charge in [-0.2, -0.15) is 25.3 Å². The summed E-state index contributed by atoms with van der Waals surface area (Å²) in [7, 11) is -5.08. The van der Waals surface area contributed by atoms with Crippen LogP contribution in [0.3, 0.4) is 0 Å². The van der Waals surface area contributed by atoms with Crippen LogP contribution in [0.5, 0.6) is 0 Å². The van der Waals surface area contributed by atoms with Gasteiger partial charge in [0.2, 0.25) is 0 Å². The summed E-state index contributed by atoms with van der Waals surface area (Å²) < 4.78 is 34.4. The minimum absolute atomic E-state index is 0.0207. The van der Waals surface area contributed by atoms with Crippen molar-refractivity contribution in [2.75, 3.05) is 39.6 Å². The van der Waals surface area contributed by atoms with Crippen LogP contribution in [0.1, 0.15) is 74.7 Å². The van der Waals surface area contributed by atoms with Gasteiger partial charge in [0.25, 0.3) is 0 Å². The van der Waals surface area contributed by atoms with Crippen LogP contribution in [0.4, 0.5) is 0 Å². The van der Waals surface area contributed by atoms with Gasteiger partial charge in [-0.25, -0.2) is 0 Å². The van der Waals surface area contributed by atoms with E-state index in [0.717, 1.165) is 19.3 Å². The fourth-order valence-electron chi connectivity index (χ4n) is 2.31. The predicted molar refractivity (Wildman–Crippen MR) is 132 cm³/mol. The normalized spacial score (nSPS) is 14.3. The Bertz CT molecular complexity index is 327. The first-order chi connectivity index (χ1) is 13.8. The average molecular weight is 491 g/mol. The van der Waals surface area contributed by atoms with Crippen molar-refractivity contribution in [2.45, 2.75) is 84.4 Å². The molecule has 178 valence electrons. The lowest BCUT2D eigenvalue weighted by Gasteiger charge is -2.32. The molecular weight excluding hydrogens is 445 g/mol. The molecule has 0 bridgehead atoms. The summed E-state index contributed by atoms with van der Waals surface area (Å²) in [6.07, 6.45) is 2.92. The Kier molecular flexibility index (Phi) is 21.6. The molecule has 0 aliphatic rings. The Morgan fingerprint density at radius 2 is 0.759 bits per heavy atom. The summed E-state index contributed by atoms with van der Waals surface area (Å²) in [5.41, 5.74) is 0. The average Bonchev–Trinajstić information content (AvgIpc) is 2.68. The lowest BCUT2D eigenvalue weighted by molar-refractivity contribution is 0.0588. The molecule has 6 nitrogen and oxygen atoms in total. The van der Waals surface area contributed by atoms with E-state index in [4.69, 9.17) is 26.6 Å². The van der Waals surface area contributed by atoms with Gasteiger partial charge in [-0.05, 0) is 53.9 Å². The molecule has 0 aromatic heterocycles. The van der Waals surface area contributed by atoms with Crippen molar-refractivity contribution in [1.29, 1.82) is 0 Å². The van der Waals surface area contributed by atoms with Crippen molar-refractivity contribution < 1.29 is 26.6 Å². The summed E-state index contributed by atoms with van der Waals surface area (Å²) in [4.78, 5) is 0.0458. The molecule has 29 heavy (non-hydrogen) atoms. The monoisotopic (exact) mass is 490 g/mol. The third-order valence-corrected chi connectivity index (χ3v) is 11.4. The van der Waals surface area contributed by atoms with E-state index >= 15 is 0 Å². The highest BCUT2D eigenvalue weighted by molar-refractivity contribution is 7.83. The summed E-state index contributed by atoms with van der Waals surface area (Å²) in [5, 5.41) is 0. The Balaban J connectivity index is 0. The van der Waals surface area contributed by atoms with Crippen LogP contribution in [0, 0.1) is 0 Å². The standard InChI is InChI=1S/C11H26O3SSi.C8H20O3SSi/c1-5-8-12-16(11(4)15,13-9-6-2)14-10-7-3;1-5-9-13(8(4)12,10-6-2)11-7-3/h11,15H,5-10H2,1-4H3;8,12H,5-7H2,1-4H3. The van der Waals surface area contributed by atoms with E-state index in [0.29, 0.717) is 39.6 Å². The smallest absolute Gasteiger partial charge is 0.373 e. The van der Waals surface area contributed by atoms with Crippen molar-refractivity contribution >= 4 is 42.9 Å². The van der Waals surface area contributed by atoms with Crippen LogP contribution in [0.15, 0.2) is 0 Å². The van der Waals surface area contributed by atoms with E-state index < -0.39 is 17.6 Å². The maximum Gasteiger partial charge on any atom is 0.514 e. The Labute approximate surface area is 193 Å². The van der Waals surface area contributed by atoms with Crippen LogP contribution >= 0.6 is 25.3 Å². The van der Waals surface area contributed by atoms with E-state index in [1.807, 2.05) is 34.6 Å². The second-order valence-corrected chi connectivity index (χ2v) is 14.8. The number of hydrogen-bond donors (Lipinski definition) is 2. The molecule has 0 fully saturated rings. The Morgan fingerprint density at radius 3 is 0.931 bits per heavy atom. The van der Waals surface area contributed by atoms with Gasteiger partial charge in [-0.1, -0.05) is 20.8 Å². The highest BCUT2D eigenvalue weighted by atomic mass is 32.1. The number of thiol groups is 2. The molecule has 0 aliphatic heterocycles. The molecule has 0 saturated carbocycles. The van der Waals surface area contributed by atoms with Gasteiger partial charge in [-0.3, -0.25) is 0 Å². The predicted octanol–water partition coefficient (Wildman–Crippen LogP) is 4.95. The van der Waals surface area contributed by atoms with Crippen molar-refractivity contribution in [3.05, 3.63) is 0 Å². The fraction of sp³-hybridized carbons (Fsp3) is 1.00. The molecule has 10 heteroatoms.